The Bertz CT molecular complexity index is 683. The smallest absolute Gasteiger partial charge is 0.237 e. The molecule has 3 rings (SSSR count). The number of hydrogen-bond acceptors (Lipinski definition) is 4. The van der Waals surface area contributed by atoms with Crippen molar-refractivity contribution in [1.29, 1.82) is 0 Å². The Morgan fingerprint density at radius 1 is 1.00 bits per heavy atom. The topological polar surface area (TPSA) is 55.9 Å². The molecule has 0 aromatic heterocycles. The number of halogens is 1. The van der Waals surface area contributed by atoms with Gasteiger partial charge in [0, 0.05) is 50.8 Å². The van der Waals surface area contributed by atoms with Crippen LogP contribution in [0.15, 0.2) is 24.3 Å². The van der Waals surface area contributed by atoms with Gasteiger partial charge in [0.2, 0.25) is 11.8 Å². The largest absolute Gasteiger partial charge is 0.351 e. The van der Waals surface area contributed by atoms with Gasteiger partial charge in [0.1, 0.15) is 0 Å². The van der Waals surface area contributed by atoms with E-state index in [0.717, 1.165) is 57.7 Å². The standard InChI is InChI=1S/C22H33ClN4O2/c1-18(22(29)24-16-19-8-4-5-9-20(19)23)26-14-12-25(13-15-26)17-21(28)27-10-6-2-3-7-11-27/h4-5,8-9,18H,2-3,6-7,10-17H2,1H3,(H,24,29)/t18-/m0/s1. The van der Waals surface area contributed by atoms with Gasteiger partial charge in [0.15, 0.2) is 0 Å². The number of carbonyl (C=O) groups is 2. The Balaban J connectivity index is 1.40. The summed E-state index contributed by atoms with van der Waals surface area (Å²) in [6.45, 7) is 7.93. The molecule has 2 amide bonds. The van der Waals surface area contributed by atoms with Gasteiger partial charge in [-0.2, -0.15) is 0 Å². The van der Waals surface area contributed by atoms with Crippen LogP contribution in [0.25, 0.3) is 0 Å². The highest BCUT2D eigenvalue weighted by atomic mass is 35.5. The van der Waals surface area contributed by atoms with Crippen LogP contribution in [0, 0.1) is 0 Å². The van der Waals surface area contributed by atoms with E-state index in [-0.39, 0.29) is 17.9 Å². The number of piperazine rings is 1. The summed E-state index contributed by atoms with van der Waals surface area (Å²) in [7, 11) is 0. The summed E-state index contributed by atoms with van der Waals surface area (Å²) in [6.07, 6.45) is 4.72. The molecule has 0 saturated carbocycles. The number of amides is 2. The lowest BCUT2D eigenvalue weighted by atomic mass is 10.2. The van der Waals surface area contributed by atoms with Gasteiger partial charge in [-0.1, -0.05) is 42.6 Å². The average Bonchev–Trinajstić information content (AvgIpc) is 3.03. The molecule has 1 aromatic carbocycles. The molecule has 2 saturated heterocycles. The fraction of sp³-hybridized carbons (Fsp3) is 0.636. The van der Waals surface area contributed by atoms with E-state index in [1.54, 1.807) is 0 Å². The first-order valence-corrected chi connectivity index (χ1v) is 11.2. The number of likely N-dealkylation sites (tertiary alicyclic amines) is 1. The summed E-state index contributed by atoms with van der Waals surface area (Å²) < 4.78 is 0. The van der Waals surface area contributed by atoms with Crippen LogP contribution in [0.5, 0.6) is 0 Å². The van der Waals surface area contributed by atoms with Crippen molar-refractivity contribution in [2.24, 2.45) is 0 Å². The molecule has 0 aliphatic carbocycles. The molecule has 2 fully saturated rings. The fourth-order valence-electron chi connectivity index (χ4n) is 4.06. The van der Waals surface area contributed by atoms with Gasteiger partial charge in [-0.25, -0.2) is 0 Å². The molecular formula is C22H33ClN4O2. The number of nitrogens with zero attached hydrogens (tertiary/aromatic N) is 3. The van der Waals surface area contributed by atoms with E-state index in [0.29, 0.717) is 18.1 Å². The van der Waals surface area contributed by atoms with Crippen LogP contribution in [0.3, 0.4) is 0 Å². The molecule has 2 aliphatic heterocycles. The van der Waals surface area contributed by atoms with Crippen molar-refractivity contribution in [3.05, 3.63) is 34.9 Å². The Morgan fingerprint density at radius 2 is 1.66 bits per heavy atom. The number of nitrogens with one attached hydrogen (secondary N) is 1. The number of hydrogen-bond donors (Lipinski definition) is 1. The number of benzene rings is 1. The maximum absolute atomic E-state index is 12.6. The first-order chi connectivity index (χ1) is 14.0. The molecule has 6 nitrogen and oxygen atoms in total. The molecule has 0 bridgehead atoms. The van der Waals surface area contributed by atoms with Crippen molar-refractivity contribution in [3.8, 4) is 0 Å². The molecule has 1 N–H and O–H groups in total. The second-order valence-electron chi connectivity index (χ2n) is 8.09. The average molecular weight is 421 g/mol. The summed E-state index contributed by atoms with van der Waals surface area (Å²) in [5, 5.41) is 3.66. The fourth-order valence-corrected chi connectivity index (χ4v) is 4.26. The van der Waals surface area contributed by atoms with Crippen LogP contribution in [0.1, 0.15) is 38.2 Å². The Morgan fingerprint density at radius 3 is 2.31 bits per heavy atom. The van der Waals surface area contributed by atoms with Gasteiger partial charge in [-0.15, -0.1) is 0 Å². The zero-order valence-electron chi connectivity index (χ0n) is 17.4. The van der Waals surface area contributed by atoms with Crippen LogP contribution < -0.4 is 5.32 Å². The van der Waals surface area contributed by atoms with Crippen molar-refractivity contribution in [1.82, 2.24) is 20.0 Å². The molecule has 0 unspecified atom stereocenters. The maximum Gasteiger partial charge on any atom is 0.237 e. The number of carbonyl (C=O) groups excluding carboxylic acids is 2. The van der Waals surface area contributed by atoms with Crippen LogP contribution in [0.4, 0.5) is 0 Å². The second kappa shape index (κ2) is 11.0. The second-order valence-corrected chi connectivity index (χ2v) is 8.50. The van der Waals surface area contributed by atoms with E-state index >= 15 is 0 Å². The number of rotatable bonds is 6. The van der Waals surface area contributed by atoms with E-state index in [1.807, 2.05) is 36.1 Å². The highest BCUT2D eigenvalue weighted by Gasteiger charge is 2.27. The SMILES string of the molecule is C[C@@H](C(=O)NCc1ccccc1Cl)N1CCN(CC(=O)N2CCCCCC2)CC1. The van der Waals surface area contributed by atoms with Crippen molar-refractivity contribution in [2.75, 3.05) is 45.8 Å². The monoisotopic (exact) mass is 420 g/mol. The molecule has 0 radical (unpaired) electrons. The molecular weight excluding hydrogens is 388 g/mol. The lowest BCUT2D eigenvalue weighted by Crippen LogP contribution is -2.55. The maximum atomic E-state index is 12.6. The third kappa shape index (κ3) is 6.43. The van der Waals surface area contributed by atoms with Crippen molar-refractivity contribution in [2.45, 2.75) is 45.2 Å². The van der Waals surface area contributed by atoms with Crippen LogP contribution in [-0.2, 0) is 16.1 Å². The van der Waals surface area contributed by atoms with Crippen molar-refractivity contribution >= 4 is 23.4 Å². The minimum atomic E-state index is -0.194. The molecule has 1 atom stereocenters. The summed E-state index contributed by atoms with van der Waals surface area (Å²) in [6, 6.07) is 7.36. The van der Waals surface area contributed by atoms with Gasteiger partial charge >= 0.3 is 0 Å². The molecule has 160 valence electrons. The molecule has 0 spiro atoms. The summed E-state index contributed by atoms with van der Waals surface area (Å²) >= 11 is 6.16. The minimum absolute atomic E-state index is 0.0130. The predicted molar refractivity (Wildman–Crippen MR) is 116 cm³/mol. The van der Waals surface area contributed by atoms with Crippen LogP contribution in [-0.4, -0.2) is 78.4 Å². The minimum Gasteiger partial charge on any atom is -0.351 e. The lowest BCUT2D eigenvalue weighted by Gasteiger charge is -2.37. The zero-order chi connectivity index (χ0) is 20.6. The summed E-state index contributed by atoms with van der Waals surface area (Å²) in [5.41, 5.74) is 0.923. The molecule has 2 aliphatic rings. The summed E-state index contributed by atoms with van der Waals surface area (Å²) in [5.74, 6) is 0.268. The molecule has 7 heteroatoms. The van der Waals surface area contributed by atoms with Crippen molar-refractivity contribution in [3.63, 3.8) is 0 Å². The lowest BCUT2D eigenvalue weighted by molar-refractivity contribution is -0.133. The van der Waals surface area contributed by atoms with Gasteiger partial charge in [0.25, 0.3) is 0 Å². The van der Waals surface area contributed by atoms with E-state index in [9.17, 15) is 9.59 Å². The first kappa shape index (κ1) is 22.1. The quantitative estimate of drug-likeness (QED) is 0.767. The first-order valence-electron chi connectivity index (χ1n) is 10.8. The molecule has 1 aromatic rings. The normalized spacial score (nSPS) is 20.1. The Hall–Kier alpha value is -1.63. The highest BCUT2D eigenvalue weighted by molar-refractivity contribution is 6.31. The highest BCUT2D eigenvalue weighted by Crippen LogP contribution is 2.15. The predicted octanol–water partition coefficient (Wildman–Crippen LogP) is 2.36. The van der Waals surface area contributed by atoms with Gasteiger partial charge in [0.05, 0.1) is 12.6 Å². The van der Waals surface area contributed by atoms with E-state index in [2.05, 4.69) is 15.1 Å². The van der Waals surface area contributed by atoms with E-state index in [1.165, 1.54) is 12.8 Å². The van der Waals surface area contributed by atoms with Gasteiger partial charge in [-0.05, 0) is 31.4 Å². The Labute approximate surface area is 179 Å². The van der Waals surface area contributed by atoms with E-state index in [4.69, 9.17) is 11.6 Å². The van der Waals surface area contributed by atoms with Gasteiger partial charge in [-0.3, -0.25) is 19.4 Å². The molecule has 2 heterocycles. The van der Waals surface area contributed by atoms with E-state index < -0.39 is 0 Å². The van der Waals surface area contributed by atoms with Crippen LogP contribution in [0.2, 0.25) is 5.02 Å². The Kier molecular flexibility index (Phi) is 8.33. The third-order valence-electron chi connectivity index (χ3n) is 6.06. The van der Waals surface area contributed by atoms with Gasteiger partial charge < -0.3 is 10.2 Å². The van der Waals surface area contributed by atoms with Crippen LogP contribution >= 0.6 is 11.6 Å². The zero-order valence-corrected chi connectivity index (χ0v) is 18.2. The summed E-state index contributed by atoms with van der Waals surface area (Å²) in [4.78, 5) is 31.6. The molecule has 29 heavy (non-hydrogen) atoms. The van der Waals surface area contributed by atoms with Crippen molar-refractivity contribution < 1.29 is 9.59 Å². The third-order valence-corrected chi connectivity index (χ3v) is 6.43.